The van der Waals surface area contributed by atoms with Gasteiger partial charge in [-0.2, -0.15) is 0 Å². The van der Waals surface area contributed by atoms with Gasteiger partial charge in [-0.15, -0.1) is 6.58 Å². The Balaban J connectivity index is 1.52. The number of ether oxygens (including phenoxy) is 1. The van der Waals surface area contributed by atoms with E-state index in [-0.39, 0.29) is 11.9 Å². The van der Waals surface area contributed by atoms with Crippen molar-refractivity contribution in [1.82, 2.24) is 9.88 Å². The summed E-state index contributed by atoms with van der Waals surface area (Å²) in [4.78, 5) is 7.09. The van der Waals surface area contributed by atoms with Crippen LogP contribution < -0.4 is 0 Å². The van der Waals surface area contributed by atoms with Crippen LogP contribution in [0.2, 0.25) is 0 Å². The third kappa shape index (κ3) is 3.62. The summed E-state index contributed by atoms with van der Waals surface area (Å²) in [7, 11) is 0. The number of fused-ring (bicyclic) bond motifs is 4. The molecule has 0 saturated carbocycles. The van der Waals surface area contributed by atoms with E-state index in [0.29, 0.717) is 24.5 Å². The number of hydrogen-bond donors (Lipinski definition) is 1. The second-order valence-electron chi connectivity index (χ2n) is 8.57. The molecular formula is C26H28N2O2. The van der Waals surface area contributed by atoms with Crippen molar-refractivity contribution in [2.24, 2.45) is 11.8 Å². The topological polar surface area (TPSA) is 45.6 Å². The van der Waals surface area contributed by atoms with E-state index in [9.17, 15) is 5.11 Å². The van der Waals surface area contributed by atoms with E-state index < -0.39 is 0 Å². The molecule has 0 amide bonds. The van der Waals surface area contributed by atoms with Gasteiger partial charge in [-0.05, 0) is 66.6 Å². The molecule has 6 rings (SSSR count). The Bertz CT molecular complexity index is 1040. The molecule has 154 valence electrons. The second kappa shape index (κ2) is 8.21. The van der Waals surface area contributed by atoms with Gasteiger partial charge in [-0.3, -0.25) is 9.88 Å². The smallest absolute Gasteiger partial charge is 0.116 e. The fourth-order valence-electron chi connectivity index (χ4n) is 5.26. The number of aromatic nitrogens is 1. The van der Waals surface area contributed by atoms with Crippen LogP contribution in [0.1, 0.15) is 30.1 Å². The molecule has 0 spiro atoms. The Labute approximate surface area is 177 Å². The number of nitrogens with zero attached hydrogens (tertiary/aromatic N) is 2. The van der Waals surface area contributed by atoms with Crippen LogP contribution in [0.4, 0.5) is 0 Å². The quantitative estimate of drug-likeness (QED) is 0.585. The first-order valence-electron chi connectivity index (χ1n) is 10.8. The third-order valence-electron chi connectivity index (χ3n) is 6.84. The van der Waals surface area contributed by atoms with Crippen molar-refractivity contribution in [1.29, 1.82) is 0 Å². The molecule has 2 aromatic carbocycles. The van der Waals surface area contributed by atoms with Crippen molar-refractivity contribution in [2.75, 3.05) is 13.1 Å². The van der Waals surface area contributed by atoms with Crippen LogP contribution in [0.15, 0.2) is 73.4 Å². The van der Waals surface area contributed by atoms with Crippen molar-refractivity contribution in [3.63, 3.8) is 0 Å². The molecule has 1 aromatic heterocycles. The Morgan fingerprint density at radius 1 is 1.20 bits per heavy atom. The molecule has 4 heteroatoms. The normalized spacial score (nSPS) is 26.5. The lowest BCUT2D eigenvalue weighted by Crippen LogP contribution is -2.55. The minimum absolute atomic E-state index is 0.0777. The van der Waals surface area contributed by atoms with Crippen molar-refractivity contribution in [2.45, 2.75) is 31.6 Å². The summed E-state index contributed by atoms with van der Waals surface area (Å²) in [6.45, 7) is 6.79. The number of pyridine rings is 1. The van der Waals surface area contributed by atoms with Crippen molar-refractivity contribution in [3.8, 4) is 5.75 Å². The molecule has 3 fully saturated rings. The minimum Gasteiger partial charge on any atom is -0.508 e. The monoisotopic (exact) mass is 400 g/mol. The molecule has 0 radical (unpaired) electrons. The fraction of sp³-hybridized carbons (Fsp3) is 0.346. The van der Waals surface area contributed by atoms with Gasteiger partial charge in [0.1, 0.15) is 5.75 Å². The molecule has 2 unspecified atom stereocenters. The van der Waals surface area contributed by atoms with E-state index in [1.807, 2.05) is 36.5 Å². The summed E-state index contributed by atoms with van der Waals surface area (Å²) in [5, 5.41) is 11.1. The first-order chi connectivity index (χ1) is 14.7. The molecule has 2 bridgehead atoms. The van der Waals surface area contributed by atoms with Gasteiger partial charge in [0.2, 0.25) is 0 Å². The zero-order chi connectivity index (χ0) is 20.5. The third-order valence-corrected chi connectivity index (χ3v) is 6.84. The predicted molar refractivity (Wildman–Crippen MR) is 119 cm³/mol. The van der Waals surface area contributed by atoms with Crippen molar-refractivity contribution in [3.05, 3.63) is 84.6 Å². The fourth-order valence-corrected chi connectivity index (χ4v) is 5.26. The highest BCUT2D eigenvalue weighted by atomic mass is 16.5. The maximum atomic E-state index is 10.1. The van der Waals surface area contributed by atoms with Crippen molar-refractivity contribution < 1.29 is 9.84 Å². The zero-order valence-electron chi connectivity index (χ0n) is 17.2. The molecule has 1 N–H and O–H groups in total. The zero-order valence-corrected chi connectivity index (χ0v) is 17.2. The highest BCUT2D eigenvalue weighted by Crippen LogP contribution is 2.43. The first kappa shape index (κ1) is 19.3. The number of piperidine rings is 3. The number of aromatic hydroxyl groups is 1. The lowest BCUT2D eigenvalue weighted by atomic mass is 9.73. The summed E-state index contributed by atoms with van der Waals surface area (Å²) >= 11 is 0. The molecular weight excluding hydrogens is 372 g/mol. The Kier molecular flexibility index (Phi) is 5.28. The second-order valence-corrected chi connectivity index (χ2v) is 8.57. The first-order valence-corrected chi connectivity index (χ1v) is 10.8. The van der Waals surface area contributed by atoms with Crippen molar-refractivity contribution >= 4 is 10.9 Å². The number of benzene rings is 2. The maximum absolute atomic E-state index is 10.1. The van der Waals surface area contributed by atoms with Crippen LogP contribution >= 0.6 is 0 Å². The number of hydrogen-bond acceptors (Lipinski definition) is 4. The Morgan fingerprint density at radius 2 is 2.07 bits per heavy atom. The SMILES string of the molecule is C=CC1CN2CC[C@H]1C[C@@H]2[C@@H](OCc1ccccc1)c1ccnc2ccc(O)cc12. The Morgan fingerprint density at radius 3 is 2.83 bits per heavy atom. The van der Waals surface area contributed by atoms with E-state index in [0.717, 1.165) is 36.0 Å². The van der Waals surface area contributed by atoms with E-state index in [4.69, 9.17) is 4.74 Å². The highest BCUT2D eigenvalue weighted by Gasteiger charge is 2.43. The lowest BCUT2D eigenvalue weighted by molar-refractivity contribution is -0.0803. The van der Waals surface area contributed by atoms with Gasteiger partial charge in [0.25, 0.3) is 0 Å². The molecule has 0 aliphatic carbocycles. The summed E-state index contributed by atoms with van der Waals surface area (Å²) in [6, 6.07) is 18.1. The van der Waals surface area contributed by atoms with Gasteiger partial charge in [-0.25, -0.2) is 0 Å². The van der Waals surface area contributed by atoms with Gasteiger partial charge >= 0.3 is 0 Å². The number of phenolic OH excluding ortho intramolecular Hbond substituents is 1. The van der Waals surface area contributed by atoms with Gasteiger partial charge in [-0.1, -0.05) is 36.4 Å². The summed E-state index contributed by atoms with van der Waals surface area (Å²) in [6.07, 6.45) is 6.25. The van der Waals surface area contributed by atoms with Gasteiger partial charge in [0.05, 0.1) is 18.2 Å². The van der Waals surface area contributed by atoms with Crippen LogP contribution in [0.3, 0.4) is 0 Å². The molecule has 5 atom stereocenters. The predicted octanol–water partition coefficient (Wildman–Crippen LogP) is 5.09. The van der Waals surface area contributed by atoms with Gasteiger partial charge in [0, 0.05) is 24.2 Å². The Hall–Kier alpha value is -2.69. The summed E-state index contributed by atoms with van der Waals surface area (Å²) in [5.74, 6) is 1.50. The summed E-state index contributed by atoms with van der Waals surface area (Å²) < 4.78 is 6.65. The molecule has 4 nitrogen and oxygen atoms in total. The largest absolute Gasteiger partial charge is 0.508 e. The number of rotatable bonds is 6. The average Bonchev–Trinajstić information content (AvgIpc) is 2.80. The molecule has 3 aliphatic heterocycles. The molecule has 3 saturated heterocycles. The molecule has 3 aromatic rings. The lowest BCUT2D eigenvalue weighted by Gasteiger charge is -2.51. The van der Waals surface area contributed by atoms with E-state index >= 15 is 0 Å². The van der Waals surface area contributed by atoms with Crippen LogP contribution in [0.25, 0.3) is 10.9 Å². The maximum Gasteiger partial charge on any atom is 0.116 e. The average molecular weight is 401 g/mol. The van der Waals surface area contributed by atoms with Gasteiger partial charge < -0.3 is 9.84 Å². The van der Waals surface area contributed by atoms with E-state index in [2.05, 4.69) is 40.7 Å². The summed E-state index contributed by atoms with van der Waals surface area (Å²) in [5.41, 5.74) is 3.17. The van der Waals surface area contributed by atoms with E-state index in [1.165, 1.54) is 12.0 Å². The minimum atomic E-state index is -0.0777. The molecule has 30 heavy (non-hydrogen) atoms. The van der Waals surface area contributed by atoms with Crippen LogP contribution in [0.5, 0.6) is 5.75 Å². The van der Waals surface area contributed by atoms with Crippen LogP contribution in [-0.4, -0.2) is 34.1 Å². The van der Waals surface area contributed by atoms with Gasteiger partial charge in [0.15, 0.2) is 0 Å². The molecule has 3 aliphatic rings. The van der Waals surface area contributed by atoms with Crippen LogP contribution in [0, 0.1) is 11.8 Å². The highest BCUT2D eigenvalue weighted by molar-refractivity contribution is 5.83. The van der Waals surface area contributed by atoms with E-state index in [1.54, 1.807) is 6.07 Å². The molecule has 4 heterocycles. The number of phenols is 1. The standard InChI is InChI=1S/C26H28N2O2/c1-2-19-16-28-13-11-20(19)14-25(28)26(30-17-18-6-4-3-5-7-18)22-10-12-27-24-9-8-21(29)15-23(22)24/h2-10,12,15,19-20,25-26,29H,1,11,13-14,16-17H2/t19?,20-,25+,26-/m0/s1. The van der Waals surface area contributed by atoms with Crippen LogP contribution in [-0.2, 0) is 11.3 Å².